The van der Waals surface area contributed by atoms with Crippen LogP contribution < -0.4 is 4.74 Å². The molecule has 3 aromatic rings. The van der Waals surface area contributed by atoms with Crippen molar-refractivity contribution < 1.29 is 28.2 Å². The summed E-state index contributed by atoms with van der Waals surface area (Å²) in [4.78, 5) is 44.8. The Hall–Kier alpha value is -3.76. The summed E-state index contributed by atoms with van der Waals surface area (Å²) in [5, 5.41) is 0.479. The van der Waals surface area contributed by atoms with Gasteiger partial charge in [0.25, 0.3) is 17.6 Å². The standard InChI is InChI=1S/C29H35FN4O5/c1-18-14-34(19(2)13-32(18)15-20-7-9-21(30)10-8-20)28(36)23-11-22-24(27(35)29(37)31(3)4)16-33(17-38-5)25(22)12-26(23)39-6/h7-12,16,18-19H,13-15,17H2,1-6H3/t18-,19?/m0/s1. The summed E-state index contributed by atoms with van der Waals surface area (Å²) < 4.78 is 26.0. The molecule has 1 aliphatic heterocycles. The summed E-state index contributed by atoms with van der Waals surface area (Å²) in [6.07, 6.45) is 1.57. The van der Waals surface area contributed by atoms with Crippen molar-refractivity contribution >= 4 is 28.5 Å². The molecule has 2 amide bonds. The fourth-order valence-corrected chi connectivity index (χ4v) is 5.08. The highest BCUT2D eigenvalue weighted by Gasteiger charge is 2.34. The number of nitrogens with zero attached hydrogens (tertiary/aromatic N) is 4. The minimum Gasteiger partial charge on any atom is -0.496 e. The Labute approximate surface area is 227 Å². The highest BCUT2D eigenvalue weighted by molar-refractivity contribution is 6.44. The predicted molar refractivity (Wildman–Crippen MR) is 145 cm³/mol. The zero-order valence-electron chi connectivity index (χ0n) is 23.2. The molecule has 0 spiro atoms. The van der Waals surface area contributed by atoms with Crippen LogP contribution >= 0.6 is 0 Å². The molecule has 0 aliphatic carbocycles. The number of carbonyl (C=O) groups excluding carboxylic acids is 3. The Bertz CT molecular complexity index is 1380. The van der Waals surface area contributed by atoms with Crippen molar-refractivity contribution in [2.45, 2.75) is 39.2 Å². The molecule has 208 valence electrons. The van der Waals surface area contributed by atoms with Gasteiger partial charge in [-0.1, -0.05) is 12.1 Å². The SMILES string of the molecule is COCn1cc(C(=O)C(=O)N(C)C)c2cc(C(=O)N3C[C@H](C)N(Cc4ccc(F)cc4)CC3C)c(OC)cc21. The third kappa shape index (κ3) is 5.67. The molecule has 1 aliphatic rings. The topological polar surface area (TPSA) is 84.3 Å². The van der Waals surface area contributed by atoms with Crippen LogP contribution in [-0.2, 0) is 22.8 Å². The van der Waals surface area contributed by atoms with Gasteiger partial charge in [0.15, 0.2) is 0 Å². The maximum atomic E-state index is 13.9. The van der Waals surface area contributed by atoms with Gasteiger partial charge in [0.2, 0.25) is 0 Å². The van der Waals surface area contributed by atoms with E-state index in [2.05, 4.69) is 11.8 Å². The molecule has 2 heterocycles. The van der Waals surface area contributed by atoms with Crippen LogP contribution in [0.25, 0.3) is 10.9 Å². The number of piperazine rings is 1. The van der Waals surface area contributed by atoms with Gasteiger partial charge in [-0.3, -0.25) is 19.3 Å². The second-order valence-electron chi connectivity index (χ2n) is 10.2. The number of amides is 2. The quantitative estimate of drug-likeness (QED) is 0.323. The van der Waals surface area contributed by atoms with Crippen molar-refractivity contribution in [3.63, 3.8) is 0 Å². The summed E-state index contributed by atoms with van der Waals surface area (Å²) in [5.41, 5.74) is 2.14. The molecule has 1 aromatic heterocycles. The van der Waals surface area contributed by atoms with Crippen LogP contribution in [0, 0.1) is 5.82 Å². The number of methoxy groups -OCH3 is 2. The van der Waals surface area contributed by atoms with E-state index in [-0.39, 0.29) is 36.1 Å². The molecule has 2 aromatic carbocycles. The van der Waals surface area contributed by atoms with E-state index in [4.69, 9.17) is 9.47 Å². The van der Waals surface area contributed by atoms with Crippen LogP contribution in [0.15, 0.2) is 42.6 Å². The molecule has 0 saturated carbocycles. The van der Waals surface area contributed by atoms with Crippen LogP contribution in [0.1, 0.15) is 40.1 Å². The molecule has 1 fully saturated rings. The zero-order chi connectivity index (χ0) is 28.4. The van der Waals surface area contributed by atoms with Crippen LogP contribution in [0.3, 0.4) is 0 Å². The lowest BCUT2D eigenvalue weighted by Crippen LogP contribution is -2.57. The van der Waals surface area contributed by atoms with Gasteiger partial charge in [-0.15, -0.1) is 0 Å². The van der Waals surface area contributed by atoms with Gasteiger partial charge < -0.3 is 23.8 Å². The van der Waals surface area contributed by atoms with E-state index in [0.29, 0.717) is 41.9 Å². The van der Waals surface area contributed by atoms with E-state index < -0.39 is 11.7 Å². The molecule has 4 rings (SSSR count). The van der Waals surface area contributed by atoms with E-state index in [1.807, 2.05) is 11.8 Å². The van der Waals surface area contributed by atoms with Gasteiger partial charge in [-0.25, -0.2) is 4.39 Å². The monoisotopic (exact) mass is 538 g/mol. The fraction of sp³-hybridized carbons (Fsp3) is 0.414. The Kier molecular flexibility index (Phi) is 8.36. The lowest BCUT2D eigenvalue weighted by atomic mass is 10.0. The van der Waals surface area contributed by atoms with E-state index >= 15 is 0 Å². The number of halogens is 1. The maximum absolute atomic E-state index is 13.9. The van der Waals surface area contributed by atoms with Gasteiger partial charge in [-0.2, -0.15) is 0 Å². The first-order valence-corrected chi connectivity index (χ1v) is 12.8. The Morgan fingerprint density at radius 2 is 1.69 bits per heavy atom. The highest BCUT2D eigenvalue weighted by atomic mass is 19.1. The Morgan fingerprint density at radius 1 is 1.00 bits per heavy atom. The number of benzene rings is 2. The molecule has 10 heteroatoms. The van der Waals surface area contributed by atoms with Crippen molar-refractivity contribution in [1.29, 1.82) is 0 Å². The zero-order valence-corrected chi connectivity index (χ0v) is 23.2. The Morgan fingerprint density at radius 3 is 2.31 bits per heavy atom. The molecule has 0 N–H and O–H groups in total. The largest absolute Gasteiger partial charge is 0.496 e. The molecule has 0 radical (unpaired) electrons. The number of aromatic nitrogens is 1. The summed E-state index contributed by atoms with van der Waals surface area (Å²) in [6.45, 7) is 5.98. The van der Waals surface area contributed by atoms with Crippen molar-refractivity contribution in [2.75, 3.05) is 41.4 Å². The average Bonchev–Trinajstić information content (AvgIpc) is 3.27. The average molecular weight is 539 g/mol. The first-order valence-electron chi connectivity index (χ1n) is 12.8. The number of rotatable bonds is 8. The van der Waals surface area contributed by atoms with E-state index in [1.54, 1.807) is 35.0 Å². The molecule has 2 atom stereocenters. The number of fused-ring (bicyclic) bond motifs is 1. The maximum Gasteiger partial charge on any atom is 0.294 e. The Balaban J connectivity index is 1.67. The highest BCUT2D eigenvalue weighted by Crippen LogP contribution is 2.32. The van der Waals surface area contributed by atoms with Crippen LogP contribution in [-0.4, -0.2) is 90.4 Å². The van der Waals surface area contributed by atoms with Crippen molar-refractivity contribution in [3.8, 4) is 5.75 Å². The normalized spacial score (nSPS) is 17.9. The number of likely N-dealkylation sites (N-methyl/N-ethyl adjacent to an activating group) is 1. The minimum absolute atomic E-state index is 0.0579. The molecule has 39 heavy (non-hydrogen) atoms. The molecular weight excluding hydrogens is 503 g/mol. The van der Waals surface area contributed by atoms with E-state index in [0.717, 1.165) is 5.56 Å². The number of hydrogen-bond donors (Lipinski definition) is 0. The van der Waals surface area contributed by atoms with Gasteiger partial charge in [0, 0.05) is 70.6 Å². The molecule has 1 saturated heterocycles. The third-order valence-electron chi connectivity index (χ3n) is 7.22. The third-order valence-corrected chi connectivity index (χ3v) is 7.22. The summed E-state index contributed by atoms with van der Waals surface area (Å²) in [7, 11) is 6.07. The smallest absolute Gasteiger partial charge is 0.294 e. The molecule has 1 unspecified atom stereocenters. The van der Waals surface area contributed by atoms with Crippen LogP contribution in [0.2, 0.25) is 0 Å². The molecule has 0 bridgehead atoms. The lowest BCUT2D eigenvalue weighted by molar-refractivity contribution is -0.124. The number of hydrogen-bond acceptors (Lipinski definition) is 6. The summed E-state index contributed by atoms with van der Waals surface area (Å²) >= 11 is 0. The second kappa shape index (κ2) is 11.5. The summed E-state index contributed by atoms with van der Waals surface area (Å²) in [5.74, 6) is -1.44. The fourth-order valence-electron chi connectivity index (χ4n) is 5.08. The number of carbonyl (C=O) groups is 3. The number of ether oxygens (including phenoxy) is 2. The van der Waals surface area contributed by atoms with Crippen LogP contribution in [0.5, 0.6) is 5.75 Å². The van der Waals surface area contributed by atoms with Crippen molar-refractivity contribution in [2.24, 2.45) is 0 Å². The second-order valence-corrected chi connectivity index (χ2v) is 10.2. The predicted octanol–water partition coefficient (Wildman–Crippen LogP) is 3.40. The summed E-state index contributed by atoms with van der Waals surface area (Å²) in [6, 6.07) is 9.76. The van der Waals surface area contributed by atoms with Gasteiger partial charge >= 0.3 is 0 Å². The van der Waals surface area contributed by atoms with Gasteiger partial charge in [-0.05, 0) is 37.6 Å². The van der Waals surface area contributed by atoms with Crippen molar-refractivity contribution in [3.05, 3.63) is 65.1 Å². The van der Waals surface area contributed by atoms with Crippen molar-refractivity contribution in [1.82, 2.24) is 19.3 Å². The first-order chi connectivity index (χ1) is 18.5. The number of Topliss-reactive ketones (excluding diaryl/α,β-unsaturated/α-hetero) is 1. The first kappa shape index (κ1) is 28.3. The van der Waals surface area contributed by atoms with Gasteiger partial charge in [0.1, 0.15) is 18.3 Å². The van der Waals surface area contributed by atoms with Gasteiger partial charge in [0.05, 0.1) is 23.8 Å². The van der Waals surface area contributed by atoms with E-state index in [9.17, 15) is 18.8 Å². The van der Waals surface area contributed by atoms with E-state index in [1.165, 1.54) is 45.3 Å². The molecule has 9 nitrogen and oxygen atoms in total. The van der Waals surface area contributed by atoms with Crippen LogP contribution in [0.4, 0.5) is 4.39 Å². The number of ketones is 1. The molecular formula is C29H35FN4O5. The minimum atomic E-state index is -0.667. The lowest BCUT2D eigenvalue weighted by Gasteiger charge is -2.44.